The summed E-state index contributed by atoms with van der Waals surface area (Å²) in [6, 6.07) is 11.2. The molecule has 144 valence electrons. The van der Waals surface area contributed by atoms with Crippen LogP contribution in [-0.2, 0) is 9.59 Å². The first-order valence-electron chi connectivity index (χ1n) is 7.44. The molecule has 0 bridgehead atoms. The van der Waals surface area contributed by atoms with Gasteiger partial charge in [-0.25, -0.2) is 0 Å². The highest BCUT2D eigenvalue weighted by atomic mass is 32.2. The van der Waals surface area contributed by atoms with E-state index in [1.165, 1.54) is 12.1 Å². The Kier molecular flexibility index (Phi) is 6.94. The molecular weight excluding hydrogens is 387 g/mol. The van der Waals surface area contributed by atoms with E-state index >= 15 is 0 Å². The number of anilines is 1. The zero-order chi connectivity index (χ0) is 19.9. The van der Waals surface area contributed by atoms with Gasteiger partial charge in [0.1, 0.15) is 17.2 Å². The molecule has 0 radical (unpaired) electrons. The molecule has 0 heterocycles. The van der Waals surface area contributed by atoms with Crippen LogP contribution in [0.3, 0.4) is 0 Å². The maximum atomic E-state index is 12.1. The first kappa shape index (κ1) is 20.4. The highest BCUT2D eigenvalue weighted by Gasteiger charge is 2.30. The predicted octanol–water partition coefficient (Wildman–Crippen LogP) is 4.13. The minimum atomic E-state index is -4.76. The highest BCUT2D eigenvalue weighted by Crippen LogP contribution is 2.27. The Morgan fingerprint density at radius 2 is 1.44 bits per heavy atom. The molecule has 0 unspecified atom stereocenters. The van der Waals surface area contributed by atoms with Crippen molar-refractivity contribution in [3.05, 3.63) is 48.5 Å². The molecule has 0 aliphatic carbocycles. The van der Waals surface area contributed by atoms with Crippen LogP contribution in [0.5, 0.6) is 17.2 Å². The second-order valence-corrected chi connectivity index (χ2v) is 6.07. The van der Waals surface area contributed by atoms with Crippen molar-refractivity contribution >= 4 is 29.3 Å². The van der Waals surface area contributed by atoms with E-state index in [2.05, 4.69) is 10.1 Å². The minimum absolute atomic E-state index is 0.0108. The number of alkyl halides is 3. The molecule has 0 spiro atoms. The average Bonchev–Trinajstić information content (AvgIpc) is 2.57. The molecule has 0 atom stereocenters. The summed E-state index contributed by atoms with van der Waals surface area (Å²) in [6.45, 7) is 0. The Labute approximate surface area is 156 Å². The molecule has 27 heavy (non-hydrogen) atoms. The third-order valence-corrected chi connectivity index (χ3v) is 3.81. The first-order valence-corrected chi connectivity index (χ1v) is 8.60. The molecule has 6 nitrogen and oxygen atoms in total. The smallest absolute Gasteiger partial charge is 0.481 e. The van der Waals surface area contributed by atoms with E-state index < -0.39 is 12.3 Å². The van der Waals surface area contributed by atoms with Crippen LogP contribution in [0, 0.1) is 0 Å². The number of carboxylic acid groups (broad SMARTS) is 1. The molecule has 0 aliphatic rings. The zero-order valence-electron chi connectivity index (χ0n) is 13.7. The van der Waals surface area contributed by atoms with Crippen LogP contribution >= 0.6 is 11.8 Å². The van der Waals surface area contributed by atoms with Crippen molar-refractivity contribution < 1.29 is 37.3 Å². The SMILES string of the molecule is O=C(O)CSCC(=O)Nc1ccc(Oc2ccc(OC(F)(F)F)cc2)cc1. The zero-order valence-corrected chi connectivity index (χ0v) is 14.5. The lowest BCUT2D eigenvalue weighted by atomic mass is 10.3. The number of aliphatic carboxylic acids is 1. The van der Waals surface area contributed by atoms with Gasteiger partial charge in [-0.15, -0.1) is 24.9 Å². The maximum absolute atomic E-state index is 12.1. The number of carbonyl (C=O) groups excluding carboxylic acids is 1. The molecule has 2 rings (SSSR count). The molecule has 1 amide bonds. The third kappa shape index (κ3) is 7.90. The largest absolute Gasteiger partial charge is 0.573 e. The van der Waals surface area contributed by atoms with Crippen LogP contribution in [0.15, 0.2) is 48.5 Å². The maximum Gasteiger partial charge on any atom is 0.573 e. The number of halogens is 3. The lowest BCUT2D eigenvalue weighted by Gasteiger charge is -2.10. The molecular formula is C17H14F3NO5S. The fraction of sp³-hybridized carbons (Fsp3) is 0.176. The third-order valence-electron chi connectivity index (χ3n) is 2.89. The summed E-state index contributed by atoms with van der Waals surface area (Å²) in [6.07, 6.45) is -4.76. The number of thioether (sulfide) groups is 1. The van der Waals surface area contributed by atoms with E-state index in [1.54, 1.807) is 24.3 Å². The first-order chi connectivity index (χ1) is 12.7. The quantitative estimate of drug-likeness (QED) is 0.692. The molecule has 10 heteroatoms. The topological polar surface area (TPSA) is 84.9 Å². The number of carbonyl (C=O) groups is 2. The minimum Gasteiger partial charge on any atom is -0.481 e. The van der Waals surface area contributed by atoms with Crippen LogP contribution in [0.2, 0.25) is 0 Å². The Morgan fingerprint density at radius 3 is 1.96 bits per heavy atom. The van der Waals surface area contributed by atoms with E-state index in [0.29, 0.717) is 17.2 Å². The summed E-state index contributed by atoms with van der Waals surface area (Å²) in [5, 5.41) is 11.1. The van der Waals surface area contributed by atoms with Gasteiger partial charge < -0.3 is 19.9 Å². The average molecular weight is 401 g/mol. The van der Waals surface area contributed by atoms with Crippen molar-refractivity contribution in [3.63, 3.8) is 0 Å². The van der Waals surface area contributed by atoms with Crippen molar-refractivity contribution in [1.82, 2.24) is 0 Å². The molecule has 0 aromatic heterocycles. The normalized spacial score (nSPS) is 10.9. The molecule has 0 fully saturated rings. The number of nitrogens with one attached hydrogen (secondary N) is 1. The summed E-state index contributed by atoms with van der Waals surface area (Å²) in [7, 11) is 0. The molecule has 2 aromatic rings. The Hall–Kier alpha value is -2.88. The van der Waals surface area contributed by atoms with Crippen molar-refractivity contribution in [2.75, 3.05) is 16.8 Å². The molecule has 0 aliphatic heterocycles. The molecule has 2 N–H and O–H groups in total. The second kappa shape index (κ2) is 9.17. The Balaban J connectivity index is 1.86. The van der Waals surface area contributed by atoms with Gasteiger partial charge in [-0.3, -0.25) is 9.59 Å². The summed E-state index contributed by atoms with van der Waals surface area (Å²) < 4.78 is 45.6. The van der Waals surface area contributed by atoms with Gasteiger partial charge in [-0.1, -0.05) is 0 Å². The number of carboxylic acids is 1. The van der Waals surface area contributed by atoms with Gasteiger partial charge in [0, 0.05) is 5.69 Å². The van der Waals surface area contributed by atoms with Crippen LogP contribution in [0.1, 0.15) is 0 Å². The molecule has 2 aromatic carbocycles. The van der Waals surface area contributed by atoms with Crippen LogP contribution in [0.25, 0.3) is 0 Å². The van der Waals surface area contributed by atoms with Crippen molar-refractivity contribution in [2.45, 2.75) is 6.36 Å². The van der Waals surface area contributed by atoms with Crippen LogP contribution in [0.4, 0.5) is 18.9 Å². The lowest BCUT2D eigenvalue weighted by Crippen LogP contribution is -2.16. The van der Waals surface area contributed by atoms with E-state index in [4.69, 9.17) is 9.84 Å². The van der Waals surface area contributed by atoms with Crippen molar-refractivity contribution in [3.8, 4) is 17.2 Å². The van der Waals surface area contributed by atoms with Crippen LogP contribution < -0.4 is 14.8 Å². The van der Waals surface area contributed by atoms with Gasteiger partial charge in [0.2, 0.25) is 5.91 Å². The van der Waals surface area contributed by atoms with E-state index in [0.717, 1.165) is 23.9 Å². The van der Waals surface area contributed by atoms with Crippen molar-refractivity contribution in [2.24, 2.45) is 0 Å². The highest BCUT2D eigenvalue weighted by molar-refractivity contribution is 8.00. The van der Waals surface area contributed by atoms with Gasteiger partial charge in [0.05, 0.1) is 11.5 Å². The number of amides is 1. The van der Waals surface area contributed by atoms with Gasteiger partial charge in [0.15, 0.2) is 0 Å². The van der Waals surface area contributed by atoms with E-state index in [9.17, 15) is 22.8 Å². The lowest BCUT2D eigenvalue weighted by molar-refractivity contribution is -0.274. The summed E-state index contributed by atoms with van der Waals surface area (Å²) in [5.74, 6) is -1.11. The van der Waals surface area contributed by atoms with Gasteiger partial charge in [-0.05, 0) is 48.5 Å². The van der Waals surface area contributed by atoms with Crippen molar-refractivity contribution in [1.29, 1.82) is 0 Å². The number of rotatable bonds is 8. The Bertz CT molecular complexity index is 779. The monoisotopic (exact) mass is 401 g/mol. The standard InChI is InChI=1S/C17H14F3NO5S/c18-17(19,20)26-14-7-5-13(6-8-14)25-12-3-1-11(2-4-12)21-15(22)9-27-10-16(23)24/h1-8H,9-10H2,(H,21,22)(H,23,24). The fourth-order valence-electron chi connectivity index (χ4n) is 1.88. The fourth-order valence-corrected chi connectivity index (χ4v) is 2.41. The van der Waals surface area contributed by atoms with Gasteiger partial charge in [-0.2, -0.15) is 0 Å². The van der Waals surface area contributed by atoms with Crippen LogP contribution in [-0.4, -0.2) is 34.9 Å². The number of benzene rings is 2. The second-order valence-electron chi connectivity index (χ2n) is 5.08. The summed E-state index contributed by atoms with van der Waals surface area (Å²) >= 11 is 0.981. The molecule has 0 saturated heterocycles. The van der Waals surface area contributed by atoms with Gasteiger partial charge >= 0.3 is 12.3 Å². The van der Waals surface area contributed by atoms with E-state index in [-0.39, 0.29) is 23.2 Å². The number of ether oxygens (including phenoxy) is 2. The van der Waals surface area contributed by atoms with Gasteiger partial charge in [0.25, 0.3) is 0 Å². The summed E-state index contributed by atoms with van der Waals surface area (Å²) in [4.78, 5) is 22.0. The predicted molar refractivity (Wildman–Crippen MR) is 93.2 cm³/mol. The molecule has 0 saturated carbocycles. The number of hydrogen-bond acceptors (Lipinski definition) is 5. The number of hydrogen-bond donors (Lipinski definition) is 2. The Morgan fingerprint density at radius 1 is 0.926 bits per heavy atom. The van der Waals surface area contributed by atoms with E-state index in [1.807, 2.05) is 0 Å². The summed E-state index contributed by atoms with van der Waals surface area (Å²) in [5.41, 5.74) is 0.497.